The van der Waals surface area contributed by atoms with Gasteiger partial charge in [-0.2, -0.15) is 0 Å². The zero-order chi connectivity index (χ0) is 29.7. The largest absolute Gasteiger partial charge is 0.463 e. The first-order valence-corrected chi connectivity index (χ1v) is 12.9. The standard InChI is InChI=1S/C25H47N3O11/c1-24(2,3)38-21(31)17-28(9-11-29)10-14-37-22(32)19-36-18-20(30)26-7-12-34-15-16-35-13-8-27-23(33)39-25(4,5)6/h29H,7-19H2,1-6H3,(H,26,30)(H,27,33). The average molecular weight is 566 g/mol. The van der Waals surface area contributed by atoms with E-state index in [9.17, 15) is 19.2 Å². The van der Waals surface area contributed by atoms with E-state index in [-0.39, 0.29) is 52.6 Å². The molecule has 0 heterocycles. The van der Waals surface area contributed by atoms with Crippen molar-refractivity contribution in [2.75, 3.05) is 85.6 Å². The number of nitrogens with one attached hydrogen (secondary N) is 2. The number of rotatable bonds is 20. The number of amides is 2. The molecule has 39 heavy (non-hydrogen) atoms. The van der Waals surface area contributed by atoms with E-state index in [4.69, 9.17) is 33.5 Å². The maximum Gasteiger partial charge on any atom is 0.407 e. The highest BCUT2D eigenvalue weighted by Gasteiger charge is 2.19. The van der Waals surface area contributed by atoms with Crippen molar-refractivity contribution in [1.82, 2.24) is 15.5 Å². The summed E-state index contributed by atoms with van der Waals surface area (Å²) in [6, 6.07) is 0. The summed E-state index contributed by atoms with van der Waals surface area (Å²) in [6.07, 6.45) is -0.503. The Morgan fingerprint density at radius 3 is 1.85 bits per heavy atom. The number of alkyl carbamates (subject to hydrolysis) is 1. The summed E-state index contributed by atoms with van der Waals surface area (Å²) >= 11 is 0. The quantitative estimate of drug-likeness (QED) is 0.101. The maximum absolute atomic E-state index is 11.9. The SMILES string of the molecule is CC(C)(C)OC(=O)CN(CCO)CCOC(=O)COCC(=O)NCCOCCOCCNC(=O)OC(C)(C)C. The third-order valence-electron chi connectivity index (χ3n) is 4.17. The minimum Gasteiger partial charge on any atom is -0.463 e. The highest BCUT2D eigenvalue weighted by molar-refractivity contribution is 5.77. The Balaban J connectivity index is 3.74. The molecule has 3 N–H and O–H groups in total. The van der Waals surface area contributed by atoms with Gasteiger partial charge in [0.05, 0.1) is 39.6 Å². The van der Waals surface area contributed by atoms with Crippen molar-refractivity contribution in [2.24, 2.45) is 0 Å². The van der Waals surface area contributed by atoms with Crippen LogP contribution in [-0.4, -0.2) is 131 Å². The Kier molecular flexibility index (Phi) is 19.1. The van der Waals surface area contributed by atoms with E-state index >= 15 is 0 Å². The number of carbonyl (C=O) groups excluding carboxylic acids is 4. The second-order valence-electron chi connectivity index (χ2n) is 10.3. The van der Waals surface area contributed by atoms with E-state index in [1.54, 1.807) is 46.4 Å². The first-order chi connectivity index (χ1) is 18.2. The second-order valence-corrected chi connectivity index (χ2v) is 10.3. The van der Waals surface area contributed by atoms with Crippen LogP contribution in [0.25, 0.3) is 0 Å². The lowest BCUT2D eigenvalue weighted by atomic mass is 10.2. The molecule has 2 amide bonds. The number of aliphatic hydroxyl groups is 1. The maximum atomic E-state index is 11.9. The van der Waals surface area contributed by atoms with Gasteiger partial charge in [0.2, 0.25) is 5.91 Å². The van der Waals surface area contributed by atoms with Gasteiger partial charge in [0.1, 0.15) is 31.0 Å². The van der Waals surface area contributed by atoms with E-state index in [2.05, 4.69) is 10.6 Å². The summed E-state index contributed by atoms with van der Waals surface area (Å²) in [4.78, 5) is 48.6. The summed E-state index contributed by atoms with van der Waals surface area (Å²) < 4.78 is 31.1. The van der Waals surface area contributed by atoms with Crippen molar-refractivity contribution in [1.29, 1.82) is 0 Å². The van der Waals surface area contributed by atoms with Crippen LogP contribution in [0.5, 0.6) is 0 Å². The van der Waals surface area contributed by atoms with Gasteiger partial charge >= 0.3 is 18.0 Å². The Bertz CT molecular complexity index is 721. The molecule has 0 bridgehead atoms. The van der Waals surface area contributed by atoms with Gasteiger partial charge in [-0.15, -0.1) is 0 Å². The van der Waals surface area contributed by atoms with E-state index in [1.807, 2.05) is 0 Å². The Morgan fingerprint density at radius 2 is 1.28 bits per heavy atom. The van der Waals surface area contributed by atoms with Crippen molar-refractivity contribution in [3.8, 4) is 0 Å². The number of esters is 2. The Labute approximate surface area is 230 Å². The molecule has 0 spiro atoms. The normalized spacial score (nSPS) is 11.7. The first-order valence-electron chi connectivity index (χ1n) is 12.9. The summed E-state index contributed by atoms with van der Waals surface area (Å²) in [6.45, 7) is 11.9. The Hall–Kier alpha value is -2.52. The first kappa shape index (κ1) is 36.5. The predicted molar refractivity (Wildman–Crippen MR) is 140 cm³/mol. The van der Waals surface area contributed by atoms with E-state index in [1.165, 1.54) is 0 Å². The molecule has 0 radical (unpaired) electrons. The molecule has 0 aliphatic rings. The van der Waals surface area contributed by atoms with Gasteiger partial charge in [-0.25, -0.2) is 9.59 Å². The minimum atomic E-state index is -0.659. The number of hydrogen-bond acceptors (Lipinski definition) is 12. The highest BCUT2D eigenvalue weighted by atomic mass is 16.6. The molecule has 14 heteroatoms. The number of hydrogen-bond donors (Lipinski definition) is 3. The van der Waals surface area contributed by atoms with Crippen LogP contribution in [0.2, 0.25) is 0 Å². The molecule has 0 fully saturated rings. The zero-order valence-electron chi connectivity index (χ0n) is 24.2. The molecular weight excluding hydrogens is 518 g/mol. The third kappa shape index (κ3) is 25.5. The smallest absolute Gasteiger partial charge is 0.407 e. The summed E-state index contributed by atoms with van der Waals surface area (Å²) in [5.74, 6) is -1.52. The molecular formula is C25H47N3O11. The van der Waals surface area contributed by atoms with Crippen LogP contribution in [0.3, 0.4) is 0 Å². The Morgan fingerprint density at radius 1 is 0.692 bits per heavy atom. The summed E-state index contributed by atoms with van der Waals surface area (Å²) in [7, 11) is 0. The minimum absolute atomic E-state index is 0.0154. The van der Waals surface area contributed by atoms with Gasteiger partial charge in [-0.05, 0) is 41.5 Å². The molecule has 0 aromatic rings. The van der Waals surface area contributed by atoms with Crippen molar-refractivity contribution >= 4 is 23.9 Å². The molecule has 228 valence electrons. The van der Waals surface area contributed by atoms with Gasteiger partial charge in [0.15, 0.2) is 0 Å². The lowest BCUT2D eigenvalue weighted by molar-refractivity contribution is -0.156. The monoisotopic (exact) mass is 565 g/mol. The summed E-state index contributed by atoms with van der Waals surface area (Å²) in [5.41, 5.74) is -1.17. The topological polar surface area (TPSA) is 171 Å². The molecule has 0 aliphatic heterocycles. The van der Waals surface area contributed by atoms with Crippen LogP contribution >= 0.6 is 0 Å². The number of aliphatic hydroxyl groups excluding tert-OH is 1. The second kappa shape index (κ2) is 20.4. The van der Waals surface area contributed by atoms with Crippen LogP contribution in [0.4, 0.5) is 4.79 Å². The zero-order valence-corrected chi connectivity index (χ0v) is 24.2. The molecule has 0 unspecified atom stereocenters. The molecule has 0 rings (SSSR count). The van der Waals surface area contributed by atoms with Crippen LogP contribution in [0.15, 0.2) is 0 Å². The van der Waals surface area contributed by atoms with Crippen LogP contribution < -0.4 is 10.6 Å². The fourth-order valence-corrected chi connectivity index (χ4v) is 2.70. The van der Waals surface area contributed by atoms with Crippen LogP contribution in [0.1, 0.15) is 41.5 Å². The molecule has 0 saturated heterocycles. The van der Waals surface area contributed by atoms with Crippen molar-refractivity contribution in [3.63, 3.8) is 0 Å². The van der Waals surface area contributed by atoms with Crippen LogP contribution in [-0.2, 0) is 42.8 Å². The van der Waals surface area contributed by atoms with E-state index in [0.717, 1.165) is 0 Å². The van der Waals surface area contributed by atoms with Crippen molar-refractivity contribution < 1.29 is 52.7 Å². The number of nitrogens with zero attached hydrogens (tertiary/aromatic N) is 1. The van der Waals surface area contributed by atoms with Crippen LogP contribution in [0, 0.1) is 0 Å². The molecule has 0 saturated carbocycles. The number of carbonyl (C=O) groups is 4. The van der Waals surface area contributed by atoms with Gasteiger partial charge < -0.3 is 44.2 Å². The van der Waals surface area contributed by atoms with Gasteiger partial charge in [0, 0.05) is 26.2 Å². The summed E-state index contributed by atoms with van der Waals surface area (Å²) in [5, 5.41) is 14.3. The van der Waals surface area contributed by atoms with E-state index in [0.29, 0.717) is 26.4 Å². The molecule has 14 nitrogen and oxygen atoms in total. The van der Waals surface area contributed by atoms with Crippen molar-refractivity contribution in [3.05, 3.63) is 0 Å². The molecule has 0 atom stereocenters. The lowest BCUT2D eigenvalue weighted by Gasteiger charge is -2.24. The molecule has 0 aromatic heterocycles. The fraction of sp³-hybridized carbons (Fsp3) is 0.840. The number of ether oxygens (including phenoxy) is 6. The lowest BCUT2D eigenvalue weighted by Crippen LogP contribution is -2.38. The fourth-order valence-electron chi connectivity index (χ4n) is 2.70. The third-order valence-corrected chi connectivity index (χ3v) is 4.17. The molecule has 0 aliphatic carbocycles. The highest BCUT2D eigenvalue weighted by Crippen LogP contribution is 2.07. The molecule has 0 aromatic carbocycles. The van der Waals surface area contributed by atoms with Gasteiger partial charge in [-0.1, -0.05) is 0 Å². The van der Waals surface area contributed by atoms with Gasteiger partial charge in [0.25, 0.3) is 0 Å². The van der Waals surface area contributed by atoms with Crippen molar-refractivity contribution in [2.45, 2.75) is 52.7 Å². The average Bonchev–Trinajstić information content (AvgIpc) is 2.78. The van der Waals surface area contributed by atoms with E-state index < -0.39 is 41.7 Å². The predicted octanol–water partition coefficient (Wildman–Crippen LogP) is -0.144. The van der Waals surface area contributed by atoms with Gasteiger partial charge in [-0.3, -0.25) is 14.5 Å².